The van der Waals surface area contributed by atoms with E-state index < -0.39 is 28.9 Å². The molecule has 0 spiro atoms. The van der Waals surface area contributed by atoms with E-state index in [-0.39, 0.29) is 11.4 Å². The summed E-state index contributed by atoms with van der Waals surface area (Å²) in [6.07, 6.45) is 0.138. The maximum Gasteiger partial charge on any atom is 0.326 e. The molecule has 118 valence electrons. The number of rotatable bonds is 5. The average Bonchev–Trinajstić information content (AvgIpc) is 2.96. The van der Waals surface area contributed by atoms with Gasteiger partial charge in [-0.15, -0.1) is 0 Å². The van der Waals surface area contributed by atoms with Crippen LogP contribution in [0.4, 0.5) is 5.69 Å². The second kappa shape index (κ2) is 6.42. The van der Waals surface area contributed by atoms with Crippen molar-refractivity contribution >= 4 is 17.6 Å². The van der Waals surface area contributed by atoms with Crippen molar-refractivity contribution in [1.29, 1.82) is 0 Å². The average molecular weight is 308 g/mol. The number of hydrogen-bond acceptors (Lipinski definition) is 5. The summed E-state index contributed by atoms with van der Waals surface area (Å²) in [7, 11) is 0. The number of benzene rings is 1. The van der Waals surface area contributed by atoms with Crippen molar-refractivity contribution in [1.82, 2.24) is 4.90 Å². The van der Waals surface area contributed by atoms with E-state index in [2.05, 4.69) is 0 Å². The highest BCUT2D eigenvalue weighted by Crippen LogP contribution is 2.23. The van der Waals surface area contributed by atoms with Crippen LogP contribution in [0.15, 0.2) is 24.3 Å². The minimum Gasteiger partial charge on any atom is -0.481 e. The summed E-state index contributed by atoms with van der Waals surface area (Å²) in [4.78, 5) is 34.8. The van der Waals surface area contributed by atoms with Crippen LogP contribution in [0.3, 0.4) is 0 Å². The first-order chi connectivity index (χ1) is 10.4. The molecule has 8 nitrogen and oxygen atoms in total. The Balaban J connectivity index is 2.07. The quantitative estimate of drug-likeness (QED) is 0.651. The van der Waals surface area contributed by atoms with Crippen LogP contribution in [0.5, 0.6) is 5.75 Å². The minimum atomic E-state index is -1.03. The normalized spacial score (nSPS) is 18.8. The van der Waals surface area contributed by atoms with Crippen molar-refractivity contribution in [2.75, 3.05) is 6.54 Å². The predicted molar refractivity (Wildman–Crippen MR) is 75.6 cm³/mol. The molecule has 2 unspecified atom stereocenters. The van der Waals surface area contributed by atoms with Gasteiger partial charge in [0.25, 0.3) is 11.6 Å². The van der Waals surface area contributed by atoms with Crippen LogP contribution in [0.1, 0.15) is 19.8 Å². The molecule has 0 bridgehead atoms. The maximum atomic E-state index is 12.3. The number of nitro groups is 1. The molecule has 1 fully saturated rings. The van der Waals surface area contributed by atoms with E-state index in [9.17, 15) is 19.7 Å². The van der Waals surface area contributed by atoms with Gasteiger partial charge in [0.2, 0.25) is 0 Å². The number of carboxylic acid groups (broad SMARTS) is 1. The maximum absolute atomic E-state index is 12.3. The Hall–Kier alpha value is -2.64. The van der Waals surface area contributed by atoms with Crippen LogP contribution in [0.2, 0.25) is 0 Å². The molecular formula is C14H16N2O6. The monoisotopic (exact) mass is 308 g/mol. The van der Waals surface area contributed by atoms with E-state index >= 15 is 0 Å². The molecule has 1 aromatic carbocycles. The van der Waals surface area contributed by atoms with Crippen molar-refractivity contribution < 1.29 is 24.4 Å². The molecule has 0 saturated carbocycles. The van der Waals surface area contributed by atoms with E-state index in [0.717, 1.165) is 0 Å². The third kappa shape index (κ3) is 3.33. The SMILES string of the molecule is CC(Oc1cccc([N+](=O)[O-])c1)C(=O)N1CCCC1C(=O)O. The van der Waals surface area contributed by atoms with Crippen LogP contribution < -0.4 is 4.74 Å². The topological polar surface area (TPSA) is 110 Å². The van der Waals surface area contributed by atoms with E-state index in [1.807, 2.05) is 0 Å². The van der Waals surface area contributed by atoms with E-state index in [4.69, 9.17) is 9.84 Å². The Morgan fingerprint density at radius 3 is 2.86 bits per heavy atom. The van der Waals surface area contributed by atoms with Crippen LogP contribution in [-0.2, 0) is 9.59 Å². The predicted octanol–water partition coefficient (Wildman–Crippen LogP) is 1.44. The van der Waals surface area contributed by atoms with Gasteiger partial charge in [-0.3, -0.25) is 14.9 Å². The molecule has 2 atom stereocenters. The second-order valence-electron chi connectivity index (χ2n) is 5.04. The van der Waals surface area contributed by atoms with E-state index in [0.29, 0.717) is 19.4 Å². The molecule has 22 heavy (non-hydrogen) atoms. The highest BCUT2D eigenvalue weighted by molar-refractivity contribution is 5.87. The summed E-state index contributed by atoms with van der Waals surface area (Å²) in [5.74, 6) is -1.27. The molecule has 1 heterocycles. The Bertz CT molecular complexity index is 603. The minimum absolute atomic E-state index is 0.137. The van der Waals surface area contributed by atoms with Gasteiger partial charge in [0, 0.05) is 12.6 Å². The molecule has 1 saturated heterocycles. The van der Waals surface area contributed by atoms with Crippen molar-refractivity contribution in [3.63, 3.8) is 0 Å². The zero-order valence-electron chi connectivity index (χ0n) is 12.0. The number of non-ortho nitro benzene ring substituents is 1. The molecule has 0 aliphatic carbocycles. The summed E-state index contributed by atoms with van der Waals surface area (Å²) in [5.41, 5.74) is -0.137. The Morgan fingerprint density at radius 2 is 2.23 bits per heavy atom. The van der Waals surface area contributed by atoms with Crippen LogP contribution in [0.25, 0.3) is 0 Å². The van der Waals surface area contributed by atoms with Crippen LogP contribution >= 0.6 is 0 Å². The van der Waals surface area contributed by atoms with E-state index in [1.165, 1.54) is 36.1 Å². The molecule has 1 aliphatic rings. The Kier molecular flexibility index (Phi) is 4.59. The van der Waals surface area contributed by atoms with Gasteiger partial charge >= 0.3 is 5.97 Å². The number of aliphatic carboxylic acids is 1. The lowest BCUT2D eigenvalue weighted by Gasteiger charge is -2.25. The fraction of sp³-hybridized carbons (Fsp3) is 0.429. The van der Waals surface area contributed by atoms with Crippen molar-refractivity contribution in [2.24, 2.45) is 0 Å². The number of amides is 1. The van der Waals surface area contributed by atoms with Gasteiger partial charge < -0.3 is 14.7 Å². The smallest absolute Gasteiger partial charge is 0.326 e. The molecular weight excluding hydrogens is 292 g/mol. The van der Waals surface area contributed by atoms with Crippen molar-refractivity contribution in [2.45, 2.75) is 31.9 Å². The fourth-order valence-electron chi connectivity index (χ4n) is 2.45. The van der Waals surface area contributed by atoms with Crippen LogP contribution in [0, 0.1) is 10.1 Å². The summed E-state index contributed by atoms with van der Waals surface area (Å²) in [6, 6.07) is 4.68. The largest absolute Gasteiger partial charge is 0.481 e. The first-order valence-corrected chi connectivity index (χ1v) is 6.84. The molecule has 1 aromatic rings. The number of nitrogens with zero attached hydrogens (tertiary/aromatic N) is 2. The molecule has 2 rings (SSSR count). The molecule has 1 amide bonds. The summed E-state index contributed by atoms with van der Waals surface area (Å²) < 4.78 is 5.42. The van der Waals surface area contributed by atoms with Crippen LogP contribution in [-0.4, -0.2) is 45.5 Å². The van der Waals surface area contributed by atoms with Gasteiger partial charge in [0.05, 0.1) is 11.0 Å². The van der Waals surface area contributed by atoms with Crippen molar-refractivity contribution in [3.05, 3.63) is 34.4 Å². The standard InChI is InChI=1S/C14H16N2O6/c1-9(13(17)15-7-3-6-12(15)14(18)19)22-11-5-2-4-10(8-11)16(20)21/h2,4-5,8-9,12H,3,6-7H2,1H3,(H,18,19). The molecule has 1 aliphatic heterocycles. The molecule has 1 N–H and O–H groups in total. The third-order valence-electron chi connectivity index (χ3n) is 3.51. The number of carbonyl (C=O) groups is 2. The first-order valence-electron chi connectivity index (χ1n) is 6.84. The zero-order chi connectivity index (χ0) is 16.3. The third-order valence-corrected chi connectivity index (χ3v) is 3.51. The van der Waals surface area contributed by atoms with Gasteiger partial charge in [0.1, 0.15) is 11.8 Å². The number of hydrogen-bond donors (Lipinski definition) is 1. The molecule has 0 radical (unpaired) electrons. The number of likely N-dealkylation sites (tertiary alicyclic amines) is 1. The number of carbonyl (C=O) groups excluding carboxylic acids is 1. The Morgan fingerprint density at radius 1 is 1.50 bits per heavy atom. The van der Waals surface area contributed by atoms with E-state index in [1.54, 1.807) is 0 Å². The zero-order valence-corrected chi connectivity index (χ0v) is 12.0. The summed E-state index contributed by atoms with van der Waals surface area (Å²) >= 11 is 0. The lowest BCUT2D eigenvalue weighted by molar-refractivity contribution is -0.384. The highest BCUT2D eigenvalue weighted by atomic mass is 16.6. The summed E-state index contributed by atoms with van der Waals surface area (Å²) in [6.45, 7) is 1.87. The van der Waals surface area contributed by atoms with Gasteiger partial charge in [-0.1, -0.05) is 6.07 Å². The highest BCUT2D eigenvalue weighted by Gasteiger charge is 2.36. The fourth-order valence-corrected chi connectivity index (χ4v) is 2.45. The summed E-state index contributed by atoms with van der Waals surface area (Å²) in [5, 5.41) is 19.8. The second-order valence-corrected chi connectivity index (χ2v) is 5.04. The van der Waals surface area contributed by atoms with Gasteiger partial charge in [-0.05, 0) is 25.8 Å². The number of nitro benzene ring substituents is 1. The molecule has 0 aromatic heterocycles. The number of ether oxygens (including phenoxy) is 1. The number of carboxylic acids is 1. The first kappa shape index (κ1) is 15.7. The van der Waals surface area contributed by atoms with Gasteiger partial charge in [0.15, 0.2) is 6.10 Å². The molecule has 8 heteroatoms. The Labute approximate surface area is 126 Å². The van der Waals surface area contributed by atoms with Gasteiger partial charge in [-0.25, -0.2) is 4.79 Å². The van der Waals surface area contributed by atoms with Gasteiger partial charge in [-0.2, -0.15) is 0 Å². The lowest BCUT2D eigenvalue weighted by atomic mass is 10.2. The van der Waals surface area contributed by atoms with Crippen molar-refractivity contribution in [3.8, 4) is 5.75 Å². The lowest BCUT2D eigenvalue weighted by Crippen LogP contribution is -2.46.